The van der Waals surface area contributed by atoms with Gasteiger partial charge in [0, 0.05) is 19.5 Å². The predicted molar refractivity (Wildman–Crippen MR) is 102 cm³/mol. The molecule has 1 atom stereocenters. The Morgan fingerprint density at radius 2 is 1.93 bits per heavy atom. The normalized spacial score (nSPS) is 11.4. The highest BCUT2D eigenvalue weighted by Crippen LogP contribution is 2.21. The van der Waals surface area contributed by atoms with Gasteiger partial charge >= 0.3 is 5.97 Å². The molecular weight excluding hydrogens is 368 g/mol. The molecular formula is C19H22N2O5S. The van der Waals surface area contributed by atoms with E-state index in [2.05, 4.69) is 10.6 Å². The van der Waals surface area contributed by atoms with E-state index in [1.165, 1.54) is 18.4 Å². The van der Waals surface area contributed by atoms with E-state index in [1.54, 1.807) is 29.6 Å². The molecule has 27 heavy (non-hydrogen) atoms. The third kappa shape index (κ3) is 6.41. The van der Waals surface area contributed by atoms with Gasteiger partial charge in [0.25, 0.3) is 5.91 Å². The summed E-state index contributed by atoms with van der Waals surface area (Å²) >= 11 is 1.32. The Morgan fingerprint density at radius 1 is 1.15 bits per heavy atom. The van der Waals surface area contributed by atoms with Crippen molar-refractivity contribution >= 4 is 29.1 Å². The number of hydrogen-bond donors (Lipinski definition) is 3. The smallest absolute Gasteiger partial charge is 0.308 e. The minimum atomic E-state index is -0.993. The van der Waals surface area contributed by atoms with Gasteiger partial charge in [0.1, 0.15) is 5.75 Å². The number of carbonyl (C=O) groups excluding carboxylic acids is 2. The standard InChI is InChI=1S/C19H22N2O5S/c1-26-15-6-3-2-5-13(15)11-14(19(24)25)12-21-17(22)8-9-20-18(23)16-7-4-10-27-16/h2-7,10,14H,8-9,11-12H2,1H3,(H,20,23)(H,21,22)(H,24,25). The molecule has 0 saturated carbocycles. The van der Waals surface area contributed by atoms with Crippen LogP contribution in [0.25, 0.3) is 0 Å². The number of methoxy groups -OCH3 is 1. The predicted octanol–water partition coefficient (Wildman–Crippen LogP) is 1.94. The lowest BCUT2D eigenvalue weighted by Gasteiger charge is -2.15. The molecule has 0 saturated heterocycles. The van der Waals surface area contributed by atoms with Crippen molar-refractivity contribution in [3.63, 3.8) is 0 Å². The van der Waals surface area contributed by atoms with Crippen LogP contribution in [-0.2, 0) is 16.0 Å². The topological polar surface area (TPSA) is 105 Å². The summed E-state index contributed by atoms with van der Waals surface area (Å²) in [5.74, 6) is -1.69. The van der Waals surface area contributed by atoms with E-state index in [4.69, 9.17) is 4.74 Å². The summed E-state index contributed by atoms with van der Waals surface area (Å²) in [5.41, 5.74) is 0.768. The number of hydrogen-bond acceptors (Lipinski definition) is 5. The molecule has 0 fully saturated rings. The average molecular weight is 390 g/mol. The van der Waals surface area contributed by atoms with Crippen molar-refractivity contribution in [1.29, 1.82) is 0 Å². The molecule has 0 spiro atoms. The van der Waals surface area contributed by atoms with Crippen LogP contribution in [-0.4, -0.2) is 43.1 Å². The Balaban J connectivity index is 1.78. The molecule has 0 aliphatic rings. The van der Waals surface area contributed by atoms with Gasteiger partial charge in [-0.1, -0.05) is 24.3 Å². The fraction of sp³-hybridized carbons (Fsp3) is 0.316. The van der Waals surface area contributed by atoms with Gasteiger partial charge in [-0.3, -0.25) is 14.4 Å². The van der Waals surface area contributed by atoms with Crippen molar-refractivity contribution in [3.05, 3.63) is 52.2 Å². The van der Waals surface area contributed by atoms with E-state index in [9.17, 15) is 19.5 Å². The van der Waals surface area contributed by atoms with Crippen molar-refractivity contribution in [1.82, 2.24) is 10.6 Å². The highest BCUT2D eigenvalue weighted by Gasteiger charge is 2.20. The third-order valence-corrected chi connectivity index (χ3v) is 4.80. The van der Waals surface area contributed by atoms with Gasteiger partial charge in [0.15, 0.2) is 0 Å². The summed E-state index contributed by atoms with van der Waals surface area (Å²) < 4.78 is 5.24. The molecule has 0 radical (unpaired) electrons. The third-order valence-electron chi connectivity index (χ3n) is 3.94. The molecule has 0 aliphatic heterocycles. The zero-order valence-electron chi connectivity index (χ0n) is 14.9. The minimum absolute atomic E-state index is 0.00505. The quantitative estimate of drug-likeness (QED) is 0.575. The first-order chi connectivity index (χ1) is 13.0. The Morgan fingerprint density at radius 3 is 2.59 bits per heavy atom. The zero-order chi connectivity index (χ0) is 19.6. The number of benzene rings is 1. The van der Waals surface area contributed by atoms with Gasteiger partial charge in [-0.15, -0.1) is 11.3 Å². The van der Waals surface area contributed by atoms with Gasteiger partial charge < -0.3 is 20.5 Å². The summed E-state index contributed by atoms with van der Waals surface area (Å²) in [6.45, 7) is 0.192. The molecule has 1 aromatic heterocycles. The van der Waals surface area contributed by atoms with Crippen molar-refractivity contribution in [2.24, 2.45) is 5.92 Å². The Kier molecular flexibility index (Phi) is 7.81. The molecule has 2 amide bonds. The molecule has 7 nitrogen and oxygen atoms in total. The number of ether oxygens (including phenoxy) is 1. The van der Waals surface area contributed by atoms with Crippen molar-refractivity contribution in [3.8, 4) is 5.75 Å². The summed E-state index contributed by atoms with van der Waals surface area (Å²) in [4.78, 5) is 35.8. The number of nitrogens with one attached hydrogen (secondary N) is 2. The van der Waals surface area contributed by atoms with E-state index in [-0.39, 0.29) is 37.7 Å². The Labute approximate surface area is 161 Å². The molecule has 0 aliphatic carbocycles. The number of carboxylic acid groups (broad SMARTS) is 1. The van der Waals surface area contributed by atoms with Crippen LogP contribution in [0.5, 0.6) is 5.75 Å². The number of carboxylic acids is 1. The zero-order valence-corrected chi connectivity index (χ0v) is 15.8. The second kappa shape index (κ2) is 10.3. The number of rotatable bonds is 10. The van der Waals surface area contributed by atoms with Crippen molar-refractivity contribution < 1.29 is 24.2 Å². The van der Waals surface area contributed by atoms with Crippen LogP contribution in [0, 0.1) is 5.92 Å². The second-order valence-electron chi connectivity index (χ2n) is 5.84. The molecule has 1 unspecified atom stereocenters. The van der Waals surface area contributed by atoms with Crippen molar-refractivity contribution in [2.45, 2.75) is 12.8 Å². The fourth-order valence-corrected chi connectivity index (χ4v) is 3.13. The van der Waals surface area contributed by atoms with Gasteiger partial charge in [0.05, 0.1) is 17.9 Å². The molecule has 0 bridgehead atoms. The summed E-state index contributed by atoms with van der Waals surface area (Å²) in [6, 6.07) is 10.7. The van der Waals surface area contributed by atoms with Crippen LogP contribution in [0.1, 0.15) is 21.7 Å². The highest BCUT2D eigenvalue weighted by atomic mass is 32.1. The molecule has 3 N–H and O–H groups in total. The van der Waals surface area contributed by atoms with Crippen LogP contribution >= 0.6 is 11.3 Å². The van der Waals surface area contributed by atoms with Gasteiger partial charge in [-0.05, 0) is 29.5 Å². The number of thiophene rings is 1. The lowest BCUT2D eigenvalue weighted by atomic mass is 9.98. The van der Waals surface area contributed by atoms with Crippen LogP contribution in [0.4, 0.5) is 0 Å². The largest absolute Gasteiger partial charge is 0.496 e. The lowest BCUT2D eigenvalue weighted by molar-refractivity contribution is -0.141. The molecule has 144 valence electrons. The molecule has 2 aromatic rings. The van der Waals surface area contributed by atoms with E-state index in [1.807, 2.05) is 12.1 Å². The fourth-order valence-electron chi connectivity index (χ4n) is 2.49. The number of aliphatic carboxylic acids is 1. The SMILES string of the molecule is COc1ccccc1CC(CNC(=O)CCNC(=O)c1cccs1)C(=O)O. The van der Waals surface area contributed by atoms with E-state index in [0.29, 0.717) is 10.6 Å². The molecule has 8 heteroatoms. The first-order valence-corrected chi connectivity index (χ1v) is 9.32. The number of para-hydroxylation sites is 1. The van der Waals surface area contributed by atoms with Crippen molar-refractivity contribution in [2.75, 3.05) is 20.2 Å². The van der Waals surface area contributed by atoms with Crippen LogP contribution < -0.4 is 15.4 Å². The molecule has 2 rings (SSSR count). The van der Waals surface area contributed by atoms with E-state index in [0.717, 1.165) is 5.56 Å². The minimum Gasteiger partial charge on any atom is -0.496 e. The second-order valence-corrected chi connectivity index (χ2v) is 6.79. The summed E-state index contributed by atoms with van der Waals surface area (Å²) in [7, 11) is 1.53. The maximum Gasteiger partial charge on any atom is 0.308 e. The lowest BCUT2D eigenvalue weighted by Crippen LogP contribution is -2.36. The average Bonchev–Trinajstić information content (AvgIpc) is 3.20. The van der Waals surface area contributed by atoms with Gasteiger partial charge in [-0.25, -0.2) is 0 Å². The maximum atomic E-state index is 11.9. The van der Waals surface area contributed by atoms with Crippen LogP contribution in [0.2, 0.25) is 0 Å². The molecule has 1 aromatic carbocycles. The monoisotopic (exact) mass is 390 g/mol. The van der Waals surface area contributed by atoms with Gasteiger partial charge in [0.2, 0.25) is 5.91 Å². The van der Waals surface area contributed by atoms with Gasteiger partial charge in [-0.2, -0.15) is 0 Å². The van der Waals surface area contributed by atoms with E-state index >= 15 is 0 Å². The molecule has 1 heterocycles. The van der Waals surface area contributed by atoms with Crippen LogP contribution in [0.3, 0.4) is 0 Å². The summed E-state index contributed by atoms with van der Waals surface area (Å²) in [6.07, 6.45) is 0.326. The summed E-state index contributed by atoms with van der Waals surface area (Å²) in [5, 5.41) is 16.5. The first kappa shape index (κ1) is 20.4. The Hall–Kier alpha value is -2.87. The Bertz CT molecular complexity index is 776. The van der Waals surface area contributed by atoms with Crippen LogP contribution in [0.15, 0.2) is 41.8 Å². The maximum absolute atomic E-state index is 11.9. The first-order valence-electron chi connectivity index (χ1n) is 8.44. The highest BCUT2D eigenvalue weighted by molar-refractivity contribution is 7.12. The van der Waals surface area contributed by atoms with E-state index < -0.39 is 11.9 Å². The number of amides is 2. The number of carbonyl (C=O) groups is 3.